The normalized spacial score (nSPS) is 9.92. The Kier molecular flexibility index (Phi) is 2.86. The first-order valence-electron chi connectivity index (χ1n) is 3.51. The lowest BCUT2D eigenvalue weighted by Crippen LogP contribution is -2.02. The summed E-state index contributed by atoms with van der Waals surface area (Å²) in [4.78, 5) is 11.0. The molecule has 1 aromatic rings. The van der Waals surface area contributed by atoms with Crippen molar-refractivity contribution in [2.45, 2.75) is 13.3 Å². The number of nitrogens with zero attached hydrogens (tertiary/aromatic N) is 1. The summed E-state index contributed by atoms with van der Waals surface area (Å²) in [5.74, 6) is -0.433. The second kappa shape index (κ2) is 3.71. The number of ether oxygens (including phenoxy) is 1. The number of carbonyl (C=O) groups excluding carboxylic acids is 1. The van der Waals surface area contributed by atoms with Crippen LogP contribution in [0.4, 0.5) is 0 Å². The number of carbonyl (C=O) groups is 1. The monoisotopic (exact) mass is 232 g/mol. The van der Waals surface area contributed by atoms with Crippen LogP contribution in [0.15, 0.2) is 4.47 Å². The number of aromatic amines is 1. The summed E-state index contributed by atoms with van der Waals surface area (Å²) >= 11 is 3.26. The van der Waals surface area contributed by atoms with Crippen molar-refractivity contribution in [3.05, 3.63) is 15.9 Å². The number of aromatic nitrogens is 2. The zero-order valence-electron chi connectivity index (χ0n) is 6.85. The van der Waals surface area contributed by atoms with E-state index in [0.29, 0.717) is 10.2 Å². The van der Waals surface area contributed by atoms with Crippen LogP contribution < -0.4 is 0 Å². The number of nitrogens with one attached hydrogen (secondary N) is 1. The van der Waals surface area contributed by atoms with Gasteiger partial charge >= 0.3 is 5.97 Å². The van der Waals surface area contributed by atoms with Gasteiger partial charge in [-0.15, -0.1) is 0 Å². The zero-order valence-corrected chi connectivity index (χ0v) is 8.43. The summed E-state index contributed by atoms with van der Waals surface area (Å²) in [6.45, 7) is 1.97. The highest BCUT2D eigenvalue weighted by atomic mass is 79.9. The van der Waals surface area contributed by atoms with E-state index in [4.69, 9.17) is 0 Å². The molecule has 0 bridgehead atoms. The van der Waals surface area contributed by atoms with Gasteiger partial charge in [0, 0.05) is 0 Å². The average molecular weight is 233 g/mol. The standard InChI is InChI=1S/C7H9BrN2O2/c1-3-4-5(8)6(10-9-4)7(11)12-2/h3H2,1-2H3,(H,9,10). The zero-order chi connectivity index (χ0) is 9.14. The lowest BCUT2D eigenvalue weighted by atomic mass is 10.3. The Morgan fingerprint density at radius 2 is 2.42 bits per heavy atom. The third-order valence-corrected chi connectivity index (χ3v) is 2.36. The topological polar surface area (TPSA) is 55.0 Å². The smallest absolute Gasteiger partial charge is 0.359 e. The van der Waals surface area contributed by atoms with Gasteiger partial charge in [0.05, 0.1) is 17.3 Å². The molecule has 0 saturated carbocycles. The first-order chi connectivity index (χ1) is 5.70. The molecule has 0 saturated heterocycles. The van der Waals surface area contributed by atoms with Gasteiger partial charge in [0.2, 0.25) is 0 Å². The summed E-state index contributed by atoms with van der Waals surface area (Å²) < 4.78 is 5.22. The van der Waals surface area contributed by atoms with Crippen molar-refractivity contribution in [3.63, 3.8) is 0 Å². The van der Waals surface area contributed by atoms with Crippen LogP contribution in [0.3, 0.4) is 0 Å². The van der Waals surface area contributed by atoms with Gasteiger partial charge in [-0.25, -0.2) is 4.79 Å². The fourth-order valence-corrected chi connectivity index (χ4v) is 1.45. The highest BCUT2D eigenvalue weighted by molar-refractivity contribution is 9.10. The molecule has 0 unspecified atom stereocenters. The van der Waals surface area contributed by atoms with Crippen LogP contribution in [0.1, 0.15) is 23.1 Å². The minimum Gasteiger partial charge on any atom is -0.464 e. The molecule has 1 heterocycles. The van der Waals surface area contributed by atoms with Crippen molar-refractivity contribution in [2.75, 3.05) is 7.11 Å². The molecule has 0 amide bonds. The molecule has 0 aliphatic carbocycles. The molecule has 1 rings (SSSR count). The predicted octanol–water partition coefficient (Wildman–Crippen LogP) is 1.52. The van der Waals surface area contributed by atoms with E-state index in [1.807, 2.05) is 6.92 Å². The van der Waals surface area contributed by atoms with Crippen LogP contribution >= 0.6 is 15.9 Å². The minimum absolute atomic E-state index is 0.300. The second-order valence-corrected chi connectivity index (χ2v) is 3.00. The molecular weight excluding hydrogens is 224 g/mol. The summed E-state index contributed by atoms with van der Waals surface area (Å²) in [6, 6.07) is 0. The Morgan fingerprint density at radius 1 is 1.75 bits per heavy atom. The van der Waals surface area contributed by atoms with Gasteiger partial charge in [-0.2, -0.15) is 5.10 Å². The maximum absolute atomic E-state index is 11.0. The maximum Gasteiger partial charge on any atom is 0.359 e. The van der Waals surface area contributed by atoms with E-state index in [0.717, 1.165) is 12.1 Å². The van der Waals surface area contributed by atoms with Gasteiger partial charge in [0.25, 0.3) is 0 Å². The van der Waals surface area contributed by atoms with E-state index in [9.17, 15) is 4.79 Å². The molecule has 0 radical (unpaired) electrons. The maximum atomic E-state index is 11.0. The largest absolute Gasteiger partial charge is 0.464 e. The summed E-state index contributed by atoms with van der Waals surface area (Å²) in [7, 11) is 1.33. The van der Waals surface area contributed by atoms with E-state index in [1.165, 1.54) is 7.11 Å². The lowest BCUT2D eigenvalue weighted by molar-refractivity contribution is 0.0593. The van der Waals surface area contributed by atoms with Gasteiger partial charge in [0.1, 0.15) is 0 Å². The summed E-state index contributed by atoms with van der Waals surface area (Å²) in [5, 5.41) is 6.55. The molecule has 0 aliphatic heterocycles. The molecular formula is C7H9BrN2O2. The minimum atomic E-state index is -0.433. The number of halogens is 1. The van der Waals surface area contributed by atoms with Crippen molar-refractivity contribution in [2.24, 2.45) is 0 Å². The summed E-state index contributed by atoms with van der Waals surface area (Å²) in [5.41, 5.74) is 1.20. The van der Waals surface area contributed by atoms with Crippen LogP contribution in [0, 0.1) is 0 Å². The molecule has 66 valence electrons. The van der Waals surface area contributed by atoms with Crippen LogP contribution in [0.5, 0.6) is 0 Å². The quantitative estimate of drug-likeness (QED) is 0.788. The lowest BCUT2D eigenvalue weighted by Gasteiger charge is -1.93. The molecule has 0 aromatic carbocycles. The fourth-order valence-electron chi connectivity index (χ4n) is 0.831. The van der Waals surface area contributed by atoms with Gasteiger partial charge < -0.3 is 4.74 Å². The number of hydrogen-bond donors (Lipinski definition) is 1. The van der Waals surface area contributed by atoms with Crippen LogP contribution in [0.2, 0.25) is 0 Å². The highest BCUT2D eigenvalue weighted by Gasteiger charge is 2.16. The molecule has 0 fully saturated rings. The second-order valence-electron chi connectivity index (χ2n) is 2.21. The van der Waals surface area contributed by atoms with E-state index in [2.05, 4.69) is 30.9 Å². The van der Waals surface area contributed by atoms with Gasteiger partial charge in [-0.1, -0.05) is 6.92 Å². The molecule has 0 aliphatic rings. The van der Waals surface area contributed by atoms with Crippen molar-refractivity contribution in [1.29, 1.82) is 0 Å². The molecule has 1 aromatic heterocycles. The van der Waals surface area contributed by atoms with E-state index in [-0.39, 0.29) is 0 Å². The van der Waals surface area contributed by atoms with Gasteiger partial charge in [0.15, 0.2) is 5.69 Å². The van der Waals surface area contributed by atoms with Gasteiger partial charge in [-0.05, 0) is 22.4 Å². The number of rotatable bonds is 2. The number of esters is 1. The molecule has 0 spiro atoms. The summed E-state index contributed by atoms with van der Waals surface area (Å²) in [6.07, 6.45) is 0.796. The molecule has 1 N–H and O–H groups in total. The Labute approximate surface area is 78.4 Å². The Hall–Kier alpha value is -0.840. The van der Waals surface area contributed by atoms with E-state index >= 15 is 0 Å². The SMILES string of the molecule is CCc1[nH]nc(C(=O)OC)c1Br. The Morgan fingerprint density at radius 3 is 2.83 bits per heavy atom. The fraction of sp³-hybridized carbons (Fsp3) is 0.429. The van der Waals surface area contributed by atoms with Crippen molar-refractivity contribution < 1.29 is 9.53 Å². The molecule has 12 heavy (non-hydrogen) atoms. The van der Waals surface area contributed by atoms with Crippen molar-refractivity contribution >= 4 is 21.9 Å². The predicted molar refractivity (Wildman–Crippen MR) is 47.0 cm³/mol. The van der Waals surface area contributed by atoms with Crippen LogP contribution in [-0.2, 0) is 11.2 Å². The number of hydrogen-bond acceptors (Lipinski definition) is 3. The third kappa shape index (κ3) is 1.50. The average Bonchev–Trinajstić information content (AvgIpc) is 2.45. The van der Waals surface area contributed by atoms with Crippen molar-refractivity contribution in [3.8, 4) is 0 Å². The Bertz CT molecular complexity index is 296. The number of aryl methyl sites for hydroxylation is 1. The van der Waals surface area contributed by atoms with Crippen molar-refractivity contribution in [1.82, 2.24) is 10.2 Å². The van der Waals surface area contributed by atoms with Crippen LogP contribution in [-0.4, -0.2) is 23.3 Å². The third-order valence-electron chi connectivity index (χ3n) is 1.51. The highest BCUT2D eigenvalue weighted by Crippen LogP contribution is 2.19. The van der Waals surface area contributed by atoms with Gasteiger partial charge in [-0.3, -0.25) is 5.10 Å². The van der Waals surface area contributed by atoms with E-state index < -0.39 is 5.97 Å². The first-order valence-corrected chi connectivity index (χ1v) is 4.31. The molecule has 5 heteroatoms. The van der Waals surface area contributed by atoms with Crippen LogP contribution in [0.25, 0.3) is 0 Å². The Balaban J connectivity index is 3.02. The van der Waals surface area contributed by atoms with E-state index in [1.54, 1.807) is 0 Å². The molecule has 0 atom stereocenters. The first kappa shape index (κ1) is 9.25. The number of methoxy groups -OCH3 is 1. The molecule has 4 nitrogen and oxygen atoms in total. The number of H-pyrrole nitrogens is 1.